The van der Waals surface area contributed by atoms with Crippen molar-refractivity contribution >= 4 is 79.8 Å². The van der Waals surface area contributed by atoms with Crippen LogP contribution >= 0.6 is 31.9 Å². The van der Waals surface area contributed by atoms with Crippen LogP contribution in [0.2, 0.25) is 0 Å². The molecule has 0 amide bonds. The van der Waals surface area contributed by atoms with Crippen LogP contribution in [-0.4, -0.2) is 78.5 Å². The first-order valence-electron chi connectivity index (χ1n) is 18.8. The number of allylic oxidation sites excluding steroid dienone is 1. The molecule has 0 unspecified atom stereocenters. The van der Waals surface area contributed by atoms with Crippen molar-refractivity contribution < 1.29 is 63.3 Å². The lowest BCUT2D eigenvalue weighted by atomic mass is 9.86. The van der Waals surface area contributed by atoms with E-state index in [1.807, 2.05) is 77.9 Å². The van der Waals surface area contributed by atoms with Gasteiger partial charge in [0.2, 0.25) is 0 Å². The molecule has 0 bridgehead atoms. The molecule has 0 aromatic heterocycles. The average Bonchev–Trinajstić information content (AvgIpc) is 3.24. The monoisotopic (exact) mass is 996 g/mol. The molecule has 0 spiro atoms. The highest BCUT2D eigenvalue weighted by atomic mass is 79.9. The largest absolute Gasteiger partial charge is 0.468 e. The number of carbonyl (C=O) groups excluding carboxylic acids is 6. The van der Waals surface area contributed by atoms with Gasteiger partial charge < -0.3 is 28.4 Å². The maximum Gasteiger partial charge on any atom is 0.324 e. The third kappa shape index (κ3) is 16.1. The van der Waals surface area contributed by atoms with E-state index >= 15 is 0 Å². The van der Waals surface area contributed by atoms with Gasteiger partial charge in [-0.2, -0.15) is 0 Å². The second-order valence-corrected chi connectivity index (χ2v) is 14.7. The van der Waals surface area contributed by atoms with Gasteiger partial charge in [0.25, 0.3) is 0 Å². The smallest absolute Gasteiger partial charge is 0.324 e. The minimum absolute atomic E-state index is 0. The van der Waals surface area contributed by atoms with Crippen LogP contribution in [0.3, 0.4) is 0 Å². The fourth-order valence-electron chi connectivity index (χ4n) is 6.12. The lowest BCUT2D eigenvalue weighted by Crippen LogP contribution is -2.26. The van der Waals surface area contributed by atoms with E-state index in [0.717, 1.165) is 46.2 Å². The van der Waals surface area contributed by atoms with Crippen molar-refractivity contribution in [2.24, 2.45) is 0 Å². The highest BCUT2D eigenvalue weighted by Gasteiger charge is 2.36. The Balaban J connectivity index is -0.000000818. The summed E-state index contributed by atoms with van der Waals surface area (Å²) in [5.41, 5.74) is 8.17. The minimum Gasteiger partial charge on any atom is -0.468 e. The summed E-state index contributed by atoms with van der Waals surface area (Å²) in [5.74, 6) is -7.08. The summed E-state index contributed by atoms with van der Waals surface area (Å²) in [5, 5.41) is 0. The highest BCUT2D eigenvalue weighted by Crippen LogP contribution is 2.35. The molecule has 0 saturated heterocycles. The fourth-order valence-corrected chi connectivity index (χ4v) is 8.00. The lowest BCUT2D eigenvalue weighted by Gasteiger charge is -2.20. The summed E-state index contributed by atoms with van der Waals surface area (Å²) < 4.78 is 29.6. The maximum atomic E-state index is 12.0. The van der Waals surface area contributed by atoms with E-state index in [0.29, 0.717) is 31.2 Å². The van der Waals surface area contributed by atoms with Crippen molar-refractivity contribution in [2.45, 2.75) is 72.1 Å². The number of methoxy groups -OCH3 is 6. The van der Waals surface area contributed by atoms with Crippen LogP contribution in [0.15, 0.2) is 71.2 Å². The van der Waals surface area contributed by atoms with Crippen molar-refractivity contribution in [2.75, 3.05) is 42.7 Å². The number of carbonyl (C=O) groups is 6. The number of aryl methyl sites for hydroxylation is 5. The topological polar surface area (TPSA) is 158 Å². The van der Waals surface area contributed by atoms with Gasteiger partial charge in [0.05, 0.1) is 42.7 Å². The number of benzene rings is 3. The van der Waals surface area contributed by atoms with Crippen molar-refractivity contribution in [1.29, 1.82) is 0 Å². The van der Waals surface area contributed by atoms with Gasteiger partial charge in [-0.3, -0.25) is 33.5 Å². The quantitative estimate of drug-likeness (QED) is 0.0692. The maximum absolute atomic E-state index is 12.0. The van der Waals surface area contributed by atoms with Gasteiger partial charge >= 0.3 is 35.8 Å². The van der Waals surface area contributed by atoms with Gasteiger partial charge in [-0.1, -0.05) is 107 Å². The second kappa shape index (κ2) is 29.8. The first kappa shape index (κ1) is 58.7. The summed E-state index contributed by atoms with van der Waals surface area (Å²) in [6.45, 7) is 22.5. The zero-order chi connectivity index (χ0) is 47.1. The van der Waals surface area contributed by atoms with E-state index in [2.05, 4.69) is 61.1 Å². The Bertz CT molecular complexity index is 1940. The fraction of sp³-hybridized carbons (Fsp3) is 0.362. The van der Waals surface area contributed by atoms with Crippen LogP contribution in [0.1, 0.15) is 95.6 Å². The summed E-state index contributed by atoms with van der Waals surface area (Å²) in [6, 6.07) is 11.3. The first-order valence-corrected chi connectivity index (χ1v) is 20.4. The summed E-state index contributed by atoms with van der Waals surface area (Å²) in [6.07, 6.45) is 6.42. The molecule has 0 N–H and O–H groups in total. The standard InChI is InChI=1S/C16H22O4.C16H18O4.C12H12Br2O4.C3H6.FH.H2/c2*1-6-11-8-10(3)9-12(7-2)13(11)14(15(17)19-4)16(18)20-5;1-6-4-7(13)9(8(14)5-6)10(11(15)17-2)12(16)18-3;1-3-2;;/h8-9,14H,6-7H2,1-5H3;6-9,14H,1-2H2,3-5H3;4-5,10H,1-3H3;3H,1H2,2H3;2*1H/i;;;;;1+2. The number of ether oxygens (including phenoxy) is 6. The van der Waals surface area contributed by atoms with Crippen LogP contribution < -0.4 is 0 Å². The summed E-state index contributed by atoms with van der Waals surface area (Å²) in [7, 11) is 7.48. The average molecular weight is 999 g/mol. The van der Waals surface area contributed by atoms with Gasteiger partial charge in [-0.15, -0.1) is 6.58 Å². The van der Waals surface area contributed by atoms with Crippen molar-refractivity contribution in [1.82, 2.24) is 0 Å². The van der Waals surface area contributed by atoms with Gasteiger partial charge in [0, 0.05) is 15.9 Å². The van der Waals surface area contributed by atoms with Crippen LogP contribution in [0.25, 0.3) is 12.2 Å². The molecule has 62 heavy (non-hydrogen) atoms. The molecule has 0 aliphatic rings. The normalized spacial score (nSPS) is 9.82. The van der Waals surface area contributed by atoms with E-state index in [1.165, 1.54) is 42.7 Å². The van der Waals surface area contributed by atoms with E-state index in [9.17, 15) is 28.8 Å². The van der Waals surface area contributed by atoms with Gasteiger partial charge in [0.15, 0.2) is 17.8 Å². The Hall–Kier alpha value is -5.41. The molecule has 0 heterocycles. The molecule has 12 nitrogen and oxygen atoms in total. The predicted octanol–water partition coefficient (Wildman–Crippen LogP) is 9.80. The van der Waals surface area contributed by atoms with Crippen LogP contribution in [-0.2, 0) is 70.0 Å². The molecule has 15 heteroatoms. The molecular formula is C47H61Br2FO12. The van der Waals surface area contributed by atoms with E-state index in [-0.39, 0.29) is 6.13 Å². The Morgan fingerprint density at radius 3 is 1.02 bits per heavy atom. The Morgan fingerprint density at radius 2 is 0.758 bits per heavy atom. The van der Waals surface area contributed by atoms with E-state index in [4.69, 9.17) is 18.9 Å². The molecule has 3 aromatic rings. The zero-order valence-corrected chi connectivity index (χ0v) is 40.7. The first-order chi connectivity index (χ1) is 28.8. The third-order valence-corrected chi connectivity index (χ3v) is 10.1. The Labute approximate surface area is 383 Å². The van der Waals surface area contributed by atoms with Crippen molar-refractivity contribution in [3.05, 3.63) is 127 Å². The molecule has 3 rings (SSSR count). The van der Waals surface area contributed by atoms with Crippen LogP contribution in [0, 0.1) is 20.8 Å². The highest BCUT2D eigenvalue weighted by molar-refractivity contribution is 9.11. The van der Waals surface area contributed by atoms with Gasteiger partial charge in [-0.25, -0.2) is 0 Å². The predicted molar refractivity (Wildman–Crippen MR) is 249 cm³/mol. The molecule has 0 fully saturated rings. The second-order valence-electron chi connectivity index (χ2n) is 13.0. The van der Waals surface area contributed by atoms with E-state index in [1.54, 1.807) is 18.2 Å². The number of hydrogen-bond donors (Lipinski definition) is 0. The Morgan fingerprint density at radius 1 is 0.516 bits per heavy atom. The van der Waals surface area contributed by atoms with Gasteiger partial charge in [0.1, 0.15) is 0 Å². The van der Waals surface area contributed by atoms with Crippen LogP contribution in [0.4, 0.5) is 4.70 Å². The lowest BCUT2D eigenvalue weighted by molar-refractivity contribution is -0.156. The number of halogens is 3. The van der Waals surface area contributed by atoms with Crippen molar-refractivity contribution in [3.63, 3.8) is 0 Å². The molecule has 0 aliphatic heterocycles. The molecule has 3 aromatic carbocycles. The summed E-state index contributed by atoms with van der Waals surface area (Å²) in [4.78, 5) is 71.4. The molecule has 0 saturated carbocycles. The Kier molecular flexibility index (Phi) is 28.2. The minimum atomic E-state index is -1.15. The SMILES string of the molecule is C=CC.C=Cc1cc(C)cc(C=C)c1C(C(=O)OC)C(=O)OC.CCc1cc(C)cc(CC)c1C(C(=O)OC)C(=O)OC.COC(=O)C(C(=O)OC)c1c(Br)cc(C)cc1Br.F.[3HH]. The number of esters is 6. The number of hydrogen-bond acceptors (Lipinski definition) is 12. The zero-order valence-electron chi connectivity index (χ0n) is 37.5. The number of rotatable bonds is 13. The van der Waals surface area contributed by atoms with E-state index < -0.39 is 53.6 Å². The molecule has 0 radical (unpaired) electrons. The van der Waals surface area contributed by atoms with Gasteiger partial charge in [-0.05, 0) is 97.2 Å². The molecular weight excluding hydrogens is 935 g/mol. The third-order valence-electron chi connectivity index (χ3n) is 8.80. The van der Waals surface area contributed by atoms with Crippen molar-refractivity contribution in [3.8, 4) is 0 Å². The summed E-state index contributed by atoms with van der Waals surface area (Å²) >= 11 is 6.70. The molecule has 0 atom stereocenters. The molecule has 0 aliphatic carbocycles. The van der Waals surface area contributed by atoms with Crippen LogP contribution in [0.5, 0.6) is 0 Å². The molecule has 342 valence electrons.